The fourth-order valence-corrected chi connectivity index (χ4v) is 5.76. The normalized spacial score (nSPS) is 25.8. The maximum atomic E-state index is 13.0. The highest BCUT2D eigenvalue weighted by atomic mass is 16.7. The Morgan fingerprint density at radius 3 is 1.46 bits per heavy atom. The van der Waals surface area contributed by atoms with Crippen molar-refractivity contribution in [3.05, 3.63) is 71.8 Å². The second kappa shape index (κ2) is 10.7. The average molecular weight is 535 g/mol. The quantitative estimate of drug-likeness (QED) is 0.379. The monoisotopic (exact) mass is 534 g/mol. The third-order valence-corrected chi connectivity index (χ3v) is 7.82. The lowest BCUT2D eigenvalue weighted by atomic mass is 10.00. The van der Waals surface area contributed by atoms with Gasteiger partial charge in [-0.25, -0.2) is 19.2 Å². The molecule has 0 aromatic heterocycles. The van der Waals surface area contributed by atoms with E-state index in [2.05, 4.69) is 0 Å². The van der Waals surface area contributed by atoms with Gasteiger partial charge < -0.3 is 14.5 Å². The second-order valence-electron chi connectivity index (χ2n) is 10.3. The van der Waals surface area contributed by atoms with Gasteiger partial charge in [0.25, 0.3) is 0 Å². The summed E-state index contributed by atoms with van der Waals surface area (Å²) in [5.74, 6) is -1.55. The fraction of sp³-hybridized carbons (Fsp3) is 0.429. The minimum atomic E-state index is -0.876. The van der Waals surface area contributed by atoms with Crippen LogP contribution in [0.4, 0.5) is 9.59 Å². The summed E-state index contributed by atoms with van der Waals surface area (Å²) in [6.45, 7) is 1.13. The molecular formula is C28H30N4O7. The molecule has 4 saturated heterocycles. The number of piperidine rings is 2. The number of hydrogen-bond acceptors (Lipinski definition) is 7. The lowest BCUT2D eigenvalue weighted by molar-refractivity contribution is -0.166. The van der Waals surface area contributed by atoms with E-state index in [0.717, 1.165) is 11.1 Å². The van der Waals surface area contributed by atoms with Crippen LogP contribution >= 0.6 is 0 Å². The van der Waals surface area contributed by atoms with Gasteiger partial charge in [-0.3, -0.25) is 9.68 Å². The molecule has 11 nitrogen and oxygen atoms in total. The van der Waals surface area contributed by atoms with Gasteiger partial charge in [-0.15, -0.1) is 0 Å². The molecule has 0 unspecified atom stereocenters. The molecule has 39 heavy (non-hydrogen) atoms. The van der Waals surface area contributed by atoms with Crippen molar-refractivity contribution < 1.29 is 33.6 Å². The van der Waals surface area contributed by atoms with Crippen LogP contribution in [0, 0.1) is 0 Å². The van der Waals surface area contributed by atoms with Crippen molar-refractivity contribution >= 4 is 24.0 Å². The Morgan fingerprint density at radius 1 is 0.641 bits per heavy atom. The van der Waals surface area contributed by atoms with Gasteiger partial charge in [0, 0.05) is 13.1 Å². The van der Waals surface area contributed by atoms with Gasteiger partial charge in [0.05, 0.1) is 12.1 Å². The molecular weight excluding hydrogens is 504 g/mol. The maximum Gasteiger partial charge on any atom is 0.345 e. The molecule has 0 radical (unpaired) electrons. The van der Waals surface area contributed by atoms with E-state index in [-0.39, 0.29) is 25.3 Å². The van der Waals surface area contributed by atoms with E-state index in [1.165, 1.54) is 19.9 Å². The molecule has 4 aliphatic rings. The van der Waals surface area contributed by atoms with Crippen molar-refractivity contribution in [1.82, 2.24) is 19.9 Å². The number of amides is 4. The molecule has 0 spiro atoms. The SMILES string of the molecule is O=C(OC(=O)[C@@H]1CC[C@@H]2CN1C(=O)N2OCc1ccccc1)[C@@H]1CC[C@@H]2CN1C(=O)N2OCc1ccccc1. The van der Waals surface area contributed by atoms with Crippen molar-refractivity contribution in [3.63, 3.8) is 0 Å². The van der Waals surface area contributed by atoms with Crippen molar-refractivity contribution in [2.45, 2.75) is 63.1 Å². The molecule has 4 amide bonds. The number of urea groups is 2. The molecule has 204 valence electrons. The van der Waals surface area contributed by atoms with Crippen molar-refractivity contribution in [3.8, 4) is 0 Å². The van der Waals surface area contributed by atoms with E-state index in [1.54, 1.807) is 0 Å². The van der Waals surface area contributed by atoms with Crippen LogP contribution in [-0.2, 0) is 37.2 Å². The first-order valence-electron chi connectivity index (χ1n) is 13.3. The van der Waals surface area contributed by atoms with Gasteiger partial charge in [-0.2, -0.15) is 10.1 Å². The molecule has 0 saturated carbocycles. The van der Waals surface area contributed by atoms with Gasteiger partial charge in [-0.05, 0) is 36.8 Å². The molecule has 0 N–H and O–H groups in total. The summed E-state index contributed by atoms with van der Waals surface area (Å²) in [4.78, 5) is 66.5. The van der Waals surface area contributed by atoms with Crippen LogP contribution < -0.4 is 0 Å². The number of hydrogen-bond donors (Lipinski definition) is 0. The second-order valence-corrected chi connectivity index (χ2v) is 10.3. The summed E-state index contributed by atoms with van der Waals surface area (Å²) in [5, 5.41) is 2.66. The topological polar surface area (TPSA) is 109 Å². The Hall–Kier alpha value is -3.96. The first kappa shape index (κ1) is 25.3. The summed E-state index contributed by atoms with van der Waals surface area (Å²) in [6.07, 6.45) is 1.83. The Bertz CT molecular complexity index is 1150. The van der Waals surface area contributed by atoms with Crippen LogP contribution in [0.25, 0.3) is 0 Å². The van der Waals surface area contributed by atoms with Gasteiger partial charge in [0.15, 0.2) is 0 Å². The molecule has 4 atom stereocenters. The summed E-state index contributed by atoms with van der Waals surface area (Å²) < 4.78 is 5.27. The van der Waals surface area contributed by atoms with Crippen LogP contribution in [0.2, 0.25) is 0 Å². The zero-order valence-corrected chi connectivity index (χ0v) is 21.4. The number of benzene rings is 2. The molecule has 11 heteroatoms. The molecule has 4 bridgehead atoms. The number of esters is 2. The summed E-state index contributed by atoms with van der Waals surface area (Å²) >= 11 is 0. The summed E-state index contributed by atoms with van der Waals surface area (Å²) in [7, 11) is 0. The molecule has 4 heterocycles. The van der Waals surface area contributed by atoms with E-state index < -0.39 is 36.1 Å². The Labute approximate surface area is 225 Å². The lowest BCUT2D eigenvalue weighted by Crippen LogP contribution is -2.50. The third kappa shape index (κ3) is 4.95. The van der Waals surface area contributed by atoms with Crippen molar-refractivity contribution in [2.24, 2.45) is 0 Å². The van der Waals surface area contributed by atoms with Crippen molar-refractivity contribution in [2.75, 3.05) is 13.1 Å². The Kier molecular flexibility index (Phi) is 6.92. The van der Waals surface area contributed by atoms with Crippen LogP contribution in [-0.4, -0.2) is 81.2 Å². The Balaban J connectivity index is 1.04. The fourth-order valence-electron chi connectivity index (χ4n) is 5.76. The zero-order chi connectivity index (χ0) is 26.9. The molecule has 6 rings (SSSR count). The third-order valence-electron chi connectivity index (χ3n) is 7.82. The molecule has 2 aromatic rings. The zero-order valence-electron chi connectivity index (χ0n) is 21.4. The number of rotatable bonds is 8. The number of carbonyl (C=O) groups excluding carboxylic acids is 4. The van der Waals surface area contributed by atoms with Gasteiger partial charge >= 0.3 is 24.0 Å². The maximum absolute atomic E-state index is 13.0. The van der Waals surface area contributed by atoms with Gasteiger partial charge in [0.2, 0.25) is 0 Å². The molecule has 2 aromatic carbocycles. The molecule has 4 fully saturated rings. The van der Waals surface area contributed by atoms with Crippen LogP contribution in [0.5, 0.6) is 0 Å². The number of nitrogens with zero attached hydrogens (tertiary/aromatic N) is 4. The largest absolute Gasteiger partial charge is 0.390 e. The first-order valence-corrected chi connectivity index (χ1v) is 13.3. The summed E-state index contributed by atoms with van der Waals surface area (Å²) in [5.41, 5.74) is 1.86. The van der Waals surface area contributed by atoms with Crippen LogP contribution in [0.15, 0.2) is 60.7 Å². The predicted molar refractivity (Wildman–Crippen MR) is 135 cm³/mol. The molecule has 0 aliphatic carbocycles. The highest BCUT2D eigenvalue weighted by Crippen LogP contribution is 2.33. The average Bonchev–Trinajstić information content (AvgIpc) is 3.35. The number of ether oxygens (including phenoxy) is 1. The van der Waals surface area contributed by atoms with E-state index >= 15 is 0 Å². The predicted octanol–water partition coefficient (Wildman–Crippen LogP) is 2.86. The number of hydroxylamine groups is 4. The molecule has 4 aliphatic heterocycles. The first-order chi connectivity index (χ1) is 19.0. The standard InChI is InChI=1S/C28H30N4O7/c33-25(23-13-11-21-15-29(23)27(35)31(21)37-17-19-7-3-1-4-8-19)39-26(34)24-14-12-22-16-30(24)28(36)32(22)38-18-20-9-5-2-6-10-20/h1-10,21-24H,11-18H2/t21-,22-,23+,24+/m1/s1. The smallest absolute Gasteiger partial charge is 0.345 e. The van der Waals surface area contributed by atoms with Crippen molar-refractivity contribution in [1.29, 1.82) is 0 Å². The minimum Gasteiger partial charge on any atom is -0.390 e. The number of fused-ring (bicyclic) bond motifs is 4. The van der Waals surface area contributed by atoms with Gasteiger partial charge in [-0.1, -0.05) is 60.7 Å². The summed E-state index contributed by atoms with van der Waals surface area (Å²) in [6, 6.07) is 16.1. The Morgan fingerprint density at radius 2 is 1.05 bits per heavy atom. The highest BCUT2D eigenvalue weighted by molar-refractivity contribution is 5.95. The highest BCUT2D eigenvalue weighted by Gasteiger charge is 2.51. The van der Waals surface area contributed by atoms with E-state index in [4.69, 9.17) is 14.4 Å². The minimum absolute atomic E-state index is 0.166. The van der Waals surface area contributed by atoms with E-state index in [0.29, 0.717) is 38.8 Å². The van der Waals surface area contributed by atoms with Crippen LogP contribution in [0.1, 0.15) is 36.8 Å². The van der Waals surface area contributed by atoms with E-state index in [1.807, 2.05) is 60.7 Å². The van der Waals surface area contributed by atoms with E-state index in [9.17, 15) is 19.2 Å². The number of carbonyl (C=O) groups is 4. The lowest BCUT2D eigenvalue weighted by Gasteiger charge is -2.30. The van der Waals surface area contributed by atoms with Crippen LogP contribution in [0.3, 0.4) is 0 Å². The van der Waals surface area contributed by atoms with Gasteiger partial charge in [0.1, 0.15) is 25.3 Å².